The Bertz CT molecular complexity index is 2530. The number of aromatic nitrogens is 4. The molecule has 0 fully saturated rings. The second kappa shape index (κ2) is 17.7. The first-order valence-electron chi connectivity index (χ1n) is 17.5. The molecular weight excluding hydrogens is 748 g/mol. The number of anilines is 2. The Morgan fingerprint density at radius 2 is 1.04 bits per heavy atom. The van der Waals surface area contributed by atoms with E-state index >= 15 is 0 Å². The van der Waals surface area contributed by atoms with E-state index in [1.54, 1.807) is 0 Å². The zero-order chi connectivity index (χ0) is 38.0. The van der Waals surface area contributed by atoms with Crippen molar-refractivity contribution < 1.29 is 4.79 Å². The molecule has 0 aliphatic heterocycles. The topological polar surface area (TPSA) is 123 Å². The molecule has 8 rings (SSSR count). The molecule has 0 radical (unpaired) electrons. The number of halogens is 2. The number of carbonyl (C=O) groups is 1. The zero-order valence-electron chi connectivity index (χ0n) is 29.4. The average molecular weight is 784 g/mol. The van der Waals surface area contributed by atoms with Gasteiger partial charge in [-0.15, -0.1) is 0 Å². The van der Waals surface area contributed by atoms with Crippen molar-refractivity contribution in [1.29, 1.82) is 0 Å². The summed E-state index contributed by atoms with van der Waals surface area (Å²) in [5.41, 5.74) is 7.83. The number of benzene rings is 6. The molecule has 274 valence electrons. The van der Waals surface area contributed by atoms with Crippen LogP contribution in [0.1, 0.15) is 11.1 Å². The third-order valence-electron chi connectivity index (χ3n) is 8.77. The van der Waals surface area contributed by atoms with Crippen molar-refractivity contribution in [1.82, 2.24) is 31.0 Å². The minimum absolute atomic E-state index is 0.316. The number of rotatable bonds is 9. The van der Waals surface area contributed by atoms with Crippen molar-refractivity contribution >= 4 is 80.0 Å². The highest BCUT2D eigenvalue weighted by molar-refractivity contribution is 7.80. The molecule has 12 heteroatoms. The van der Waals surface area contributed by atoms with Gasteiger partial charge in [-0.05, 0) is 65.2 Å². The molecule has 0 saturated heterocycles. The summed E-state index contributed by atoms with van der Waals surface area (Å²) in [6, 6.07) is 47.3. The van der Waals surface area contributed by atoms with Gasteiger partial charge in [0.05, 0.1) is 21.1 Å². The Balaban J connectivity index is 0.000000169. The predicted molar refractivity (Wildman–Crippen MR) is 230 cm³/mol. The van der Waals surface area contributed by atoms with Crippen LogP contribution in [0.5, 0.6) is 0 Å². The summed E-state index contributed by atoms with van der Waals surface area (Å²) in [5.74, 6) is 1.14. The molecule has 2 aromatic heterocycles. The van der Waals surface area contributed by atoms with Crippen molar-refractivity contribution in [3.63, 3.8) is 0 Å². The van der Waals surface area contributed by atoms with Crippen LogP contribution in [0.4, 0.5) is 16.4 Å². The van der Waals surface area contributed by atoms with Gasteiger partial charge >= 0.3 is 6.03 Å². The summed E-state index contributed by atoms with van der Waals surface area (Å²) < 4.78 is 0. The van der Waals surface area contributed by atoms with E-state index in [1.165, 1.54) is 5.56 Å². The quantitative estimate of drug-likeness (QED) is 0.0811. The number of nitrogens with one attached hydrogen (secondary N) is 6. The molecule has 9 nitrogen and oxygen atoms in total. The van der Waals surface area contributed by atoms with E-state index in [1.807, 2.05) is 133 Å². The molecule has 55 heavy (non-hydrogen) atoms. The lowest BCUT2D eigenvalue weighted by atomic mass is 10.0. The maximum atomic E-state index is 12.2. The fourth-order valence-corrected chi connectivity index (χ4v) is 6.74. The number of urea groups is 1. The number of carbonyl (C=O) groups excluding carboxylic acids is 1. The van der Waals surface area contributed by atoms with Crippen LogP contribution in [0.2, 0.25) is 10.0 Å². The number of aromatic amines is 2. The number of hydrogen-bond donors (Lipinski definition) is 6. The zero-order valence-corrected chi connectivity index (χ0v) is 31.8. The van der Waals surface area contributed by atoms with E-state index in [4.69, 9.17) is 35.4 Å². The monoisotopic (exact) mass is 782 g/mol. The lowest BCUT2D eigenvalue weighted by Gasteiger charge is -2.10. The summed E-state index contributed by atoms with van der Waals surface area (Å²) in [5, 5.41) is 30.1. The number of fused-ring (bicyclic) bond motifs is 2. The first-order valence-corrected chi connectivity index (χ1v) is 18.7. The molecule has 0 aliphatic carbocycles. The van der Waals surface area contributed by atoms with E-state index < -0.39 is 0 Å². The molecular formula is C43H36Cl2N8OS. The summed E-state index contributed by atoms with van der Waals surface area (Å²) in [6.45, 7) is 1.19. The van der Waals surface area contributed by atoms with Crippen LogP contribution < -0.4 is 21.3 Å². The molecule has 2 heterocycles. The largest absolute Gasteiger partial charge is 0.362 e. The Labute approximate surface area is 333 Å². The first-order chi connectivity index (χ1) is 26.9. The van der Waals surface area contributed by atoms with Crippen LogP contribution in [0, 0.1) is 0 Å². The van der Waals surface area contributed by atoms with E-state index in [9.17, 15) is 4.79 Å². The van der Waals surface area contributed by atoms with Crippen molar-refractivity contribution in [2.75, 3.05) is 17.2 Å². The lowest BCUT2D eigenvalue weighted by Crippen LogP contribution is -2.30. The van der Waals surface area contributed by atoms with E-state index in [0.717, 1.165) is 62.6 Å². The van der Waals surface area contributed by atoms with Gasteiger partial charge in [0, 0.05) is 35.0 Å². The molecule has 8 aromatic rings. The van der Waals surface area contributed by atoms with Gasteiger partial charge in [0.2, 0.25) is 0 Å². The molecule has 0 bridgehead atoms. The van der Waals surface area contributed by atoms with E-state index in [-0.39, 0.29) is 6.03 Å². The average Bonchev–Trinajstić information content (AvgIpc) is 3.79. The Hall–Kier alpha value is -6.20. The van der Waals surface area contributed by atoms with Gasteiger partial charge < -0.3 is 16.0 Å². The minimum Gasteiger partial charge on any atom is -0.362 e. The maximum Gasteiger partial charge on any atom is 0.320 e. The van der Waals surface area contributed by atoms with Gasteiger partial charge in [0.25, 0.3) is 0 Å². The maximum absolute atomic E-state index is 12.2. The van der Waals surface area contributed by atoms with Crippen LogP contribution >= 0.6 is 35.4 Å². The van der Waals surface area contributed by atoms with Crippen LogP contribution in [-0.4, -0.2) is 38.1 Å². The normalized spacial score (nSPS) is 10.7. The third kappa shape index (κ3) is 9.49. The standard InChI is InChI=1S/C22H19ClN4S.C21H17ClN4O/c23-19-14-20-18(13-17(19)16-9-5-2-6-10-16)21(27-26-20)25-22(28)24-12-11-15-7-3-1-4-8-15;22-18-12-19-17(11-16(18)15-9-5-2-6-10-15)20(26-25-19)24-21(27)23-13-14-7-3-1-4-8-14/h1-10,13-14H,11-12H2,(H3,24,25,26,27,28);1-12H,13H2,(H3,23,24,25,26,27). The van der Waals surface area contributed by atoms with E-state index in [2.05, 4.69) is 53.8 Å². The number of hydrogen-bond acceptors (Lipinski definition) is 4. The fourth-order valence-electron chi connectivity index (χ4n) is 5.99. The van der Waals surface area contributed by atoms with Crippen LogP contribution in [0.15, 0.2) is 146 Å². The van der Waals surface area contributed by atoms with Gasteiger partial charge in [-0.3, -0.25) is 15.5 Å². The molecule has 0 aliphatic rings. The van der Waals surface area contributed by atoms with Crippen LogP contribution in [-0.2, 0) is 13.0 Å². The second-order valence-corrected chi connectivity index (χ2v) is 13.8. The van der Waals surface area contributed by atoms with Gasteiger partial charge in [0.1, 0.15) is 0 Å². The number of thiocarbonyl (C=S) groups is 1. The van der Waals surface area contributed by atoms with Crippen molar-refractivity contribution in [2.45, 2.75) is 13.0 Å². The summed E-state index contributed by atoms with van der Waals surface area (Å²) in [6.07, 6.45) is 0.901. The highest BCUT2D eigenvalue weighted by Crippen LogP contribution is 2.35. The number of H-pyrrole nitrogens is 2. The highest BCUT2D eigenvalue weighted by atomic mass is 35.5. The fraction of sp³-hybridized carbons (Fsp3) is 0.0698. The molecule has 0 unspecified atom stereocenters. The molecule has 6 aromatic carbocycles. The first kappa shape index (κ1) is 37.1. The SMILES string of the molecule is O=C(NCc1ccccc1)Nc1n[nH]c2cc(Cl)c(-c3ccccc3)cc12.S=C(NCCc1ccccc1)Nc1n[nH]c2cc(Cl)c(-c3ccccc3)cc12. The van der Waals surface area contributed by atoms with Gasteiger partial charge in [-0.1, -0.05) is 145 Å². The number of amides is 2. The lowest BCUT2D eigenvalue weighted by molar-refractivity contribution is 0.251. The number of nitrogens with zero attached hydrogens (tertiary/aromatic N) is 2. The molecule has 0 atom stereocenters. The molecule has 0 saturated carbocycles. The van der Waals surface area contributed by atoms with Crippen LogP contribution in [0.25, 0.3) is 44.1 Å². The predicted octanol–water partition coefficient (Wildman–Crippen LogP) is 10.6. The highest BCUT2D eigenvalue weighted by Gasteiger charge is 2.14. The summed E-state index contributed by atoms with van der Waals surface area (Å²) >= 11 is 18.3. The second-order valence-electron chi connectivity index (χ2n) is 12.5. The van der Waals surface area contributed by atoms with Crippen molar-refractivity contribution in [2.24, 2.45) is 0 Å². The van der Waals surface area contributed by atoms with Crippen LogP contribution in [0.3, 0.4) is 0 Å². The molecule has 6 N–H and O–H groups in total. The summed E-state index contributed by atoms with van der Waals surface area (Å²) in [4.78, 5) is 12.2. The van der Waals surface area contributed by atoms with Gasteiger partial charge in [-0.25, -0.2) is 4.79 Å². The molecule has 2 amide bonds. The van der Waals surface area contributed by atoms with Crippen molar-refractivity contribution in [3.05, 3.63) is 167 Å². The smallest absolute Gasteiger partial charge is 0.320 e. The van der Waals surface area contributed by atoms with Gasteiger partial charge in [0.15, 0.2) is 16.7 Å². The van der Waals surface area contributed by atoms with Crippen molar-refractivity contribution in [3.8, 4) is 22.3 Å². The van der Waals surface area contributed by atoms with Gasteiger partial charge in [-0.2, -0.15) is 10.2 Å². The van der Waals surface area contributed by atoms with E-state index in [0.29, 0.717) is 33.3 Å². The minimum atomic E-state index is -0.316. The Morgan fingerprint density at radius 1 is 0.582 bits per heavy atom. The molecule has 0 spiro atoms. The Morgan fingerprint density at radius 3 is 1.55 bits per heavy atom. The third-order valence-corrected chi connectivity index (χ3v) is 9.64. The Kier molecular flexibility index (Phi) is 12.0. The summed E-state index contributed by atoms with van der Waals surface area (Å²) in [7, 11) is 0.